The van der Waals surface area contributed by atoms with Crippen molar-refractivity contribution < 1.29 is 9.84 Å². The first kappa shape index (κ1) is 18.0. The van der Waals surface area contributed by atoms with Crippen LogP contribution in [0, 0.1) is 6.92 Å². The molecule has 0 radical (unpaired) electrons. The Hall–Kier alpha value is -1.10. The summed E-state index contributed by atoms with van der Waals surface area (Å²) in [5.41, 5.74) is 1.16. The van der Waals surface area contributed by atoms with Gasteiger partial charge in [-0.2, -0.15) is 0 Å². The topological polar surface area (TPSA) is 44.7 Å². The van der Waals surface area contributed by atoms with Gasteiger partial charge in [-0.15, -0.1) is 0 Å². The highest BCUT2D eigenvalue weighted by molar-refractivity contribution is 5.27. The van der Waals surface area contributed by atoms with Crippen molar-refractivity contribution in [1.29, 1.82) is 0 Å². The Morgan fingerprint density at radius 3 is 2.62 bits per heavy atom. The Morgan fingerprint density at radius 2 is 2.00 bits per heavy atom. The second-order valence-electron chi connectivity index (χ2n) is 5.58. The molecule has 0 aliphatic heterocycles. The SMILES string of the molecule is CCN(CC)CC(C)NCC(O)COc1cccc(C)c1. The van der Waals surface area contributed by atoms with Gasteiger partial charge in [0.25, 0.3) is 0 Å². The predicted molar refractivity (Wildman–Crippen MR) is 87.9 cm³/mol. The van der Waals surface area contributed by atoms with E-state index >= 15 is 0 Å². The van der Waals surface area contributed by atoms with Crippen LogP contribution in [0.5, 0.6) is 5.75 Å². The molecule has 1 aromatic rings. The van der Waals surface area contributed by atoms with Gasteiger partial charge < -0.3 is 20.1 Å². The van der Waals surface area contributed by atoms with E-state index in [1.165, 1.54) is 0 Å². The minimum atomic E-state index is -0.496. The molecule has 4 heteroatoms. The summed E-state index contributed by atoms with van der Waals surface area (Å²) in [4.78, 5) is 2.37. The van der Waals surface area contributed by atoms with Gasteiger partial charge in [0.05, 0.1) is 0 Å². The third-order valence-corrected chi connectivity index (χ3v) is 3.56. The van der Waals surface area contributed by atoms with Gasteiger partial charge in [0.1, 0.15) is 18.5 Å². The van der Waals surface area contributed by atoms with Crippen LogP contribution in [0.1, 0.15) is 26.3 Å². The number of aliphatic hydroxyl groups is 1. The smallest absolute Gasteiger partial charge is 0.119 e. The number of hydrogen-bond donors (Lipinski definition) is 2. The number of aliphatic hydroxyl groups excluding tert-OH is 1. The molecule has 0 spiro atoms. The minimum absolute atomic E-state index is 0.314. The van der Waals surface area contributed by atoms with Crippen LogP contribution < -0.4 is 10.1 Å². The maximum atomic E-state index is 9.98. The molecule has 2 unspecified atom stereocenters. The monoisotopic (exact) mass is 294 g/mol. The van der Waals surface area contributed by atoms with Gasteiger partial charge in [-0.1, -0.05) is 26.0 Å². The maximum absolute atomic E-state index is 9.98. The predicted octanol–water partition coefficient (Wildman–Crippen LogP) is 2.05. The molecule has 1 rings (SSSR count). The van der Waals surface area contributed by atoms with Crippen LogP contribution in [0.3, 0.4) is 0 Å². The van der Waals surface area contributed by atoms with Gasteiger partial charge in [0.2, 0.25) is 0 Å². The largest absolute Gasteiger partial charge is 0.491 e. The van der Waals surface area contributed by atoms with Crippen LogP contribution in [0.25, 0.3) is 0 Å². The molecule has 0 amide bonds. The molecule has 1 aromatic carbocycles. The van der Waals surface area contributed by atoms with E-state index in [-0.39, 0.29) is 0 Å². The zero-order valence-electron chi connectivity index (χ0n) is 13.8. The van der Waals surface area contributed by atoms with Crippen LogP contribution in [0.2, 0.25) is 0 Å². The molecule has 120 valence electrons. The normalized spacial score (nSPS) is 14.2. The zero-order valence-corrected chi connectivity index (χ0v) is 13.8. The average Bonchev–Trinajstić information content (AvgIpc) is 2.48. The minimum Gasteiger partial charge on any atom is -0.491 e. The quantitative estimate of drug-likeness (QED) is 0.693. The lowest BCUT2D eigenvalue weighted by atomic mass is 10.2. The molecule has 21 heavy (non-hydrogen) atoms. The highest BCUT2D eigenvalue weighted by atomic mass is 16.5. The third kappa shape index (κ3) is 7.46. The number of rotatable bonds is 10. The lowest BCUT2D eigenvalue weighted by Crippen LogP contribution is -2.43. The summed E-state index contributed by atoms with van der Waals surface area (Å²) in [6, 6.07) is 8.24. The zero-order chi connectivity index (χ0) is 15.7. The lowest BCUT2D eigenvalue weighted by molar-refractivity contribution is 0.102. The van der Waals surface area contributed by atoms with Gasteiger partial charge in [-0.05, 0) is 44.6 Å². The number of nitrogens with zero attached hydrogens (tertiary/aromatic N) is 1. The Kier molecular flexibility index (Phi) is 8.35. The van der Waals surface area contributed by atoms with Gasteiger partial charge in [0.15, 0.2) is 0 Å². The fourth-order valence-corrected chi connectivity index (χ4v) is 2.23. The maximum Gasteiger partial charge on any atom is 0.119 e. The van der Waals surface area contributed by atoms with E-state index in [1.54, 1.807) is 0 Å². The van der Waals surface area contributed by atoms with Crippen LogP contribution in [0.15, 0.2) is 24.3 Å². The summed E-state index contributed by atoms with van der Waals surface area (Å²) in [6.07, 6.45) is -0.496. The molecule has 0 aliphatic rings. The fourth-order valence-electron chi connectivity index (χ4n) is 2.23. The third-order valence-electron chi connectivity index (χ3n) is 3.56. The van der Waals surface area contributed by atoms with E-state index in [0.29, 0.717) is 19.2 Å². The molecule has 0 heterocycles. The summed E-state index contributed by atoms with van der Waals surface area (Å²) >= 11 is 0. The van der Waals surface area contributed by atoms with Gasteiger partial charge >= 0.3 is 0 Å². The van der Waals surface area contributed by atoms with Crippen LogP contribution in [-0.2, 0) is 0 Å². The molecule has 0 bridgehead atoms. The first-order valence-corrected chi connectivity index (χ1v) is 7.88. The second kappa shape index (κ2) is 9.77. The summed E-state index contributed by atoms with van der Waals surface area (Å²) in [6.45, 7) is 12.5. The van der Waals surface area contributed by atoms with E-state index in [1.807, 2.05) is 31.2 Å². The van der Waals surface area contributed by atoms with Crippen molar-refractivity contribution in [2.24, 2.45) is 0 Å². The lowest BCUT2D eigenvalue weighted by Gasteiger charge is -2.24. The van der Waals surface area contributed by atoms with Gasteiger partial charge in [0, 0.05) is 19.1 Å². The molecule has 0 fully saturated rings. The molecule has 2 atom stereocenters. The fraction of sp³-hybridized carbons (Fsp3) is 0.647. The molecule has 0 aromatic heterocycles. The van der Waals surface area contributed by atoms with Crippen molar-refractivity contribution in [2.75, 3.05) is 32.8 Å². The van der Waals surface area contributed by atoms with Crippen LogP contribution >= 0.6 is 0 Å². The standard InChI is InChI=1S/C17H30N2O2/c1-5-19(6-2)12-15(4)18-11-16(20)13-21-17-9-7-8-14(3)10-17/h7-10,15-16,18,20H,5-6,11-13H2,1-4H3. The Balaban J connectivity index is 2.23. The first-order chi connectivity index (χ1) is 10.0. The highest BCUT2D eigenvalue weighted by Gasteiger charge is 2.10. The number of likely N-dealkylation sites (N-methyl/N-ethyl adjacent to an activating group) is 1. The summed E-state index contributed by atoms with van der Waals surface area (Å²) < 4.78 is 5.60. The summed E-state index contributed by atoms with van der Waals surface area (Å²) in [5, 5.41) is 13.3. The van der Waals surface area contributed by atoms with Gasteiger partial charge in [-0.25, -0.2) is 0 Å². The Labute approximate surface area is 129 Å². The van der Waals surface area contributed by atoms with Gasteiger partial charge in [-0.3, -0.25) is 0 Å². The molecule has 0 saturated carbocycles. The van der Waals surface area contributed by atoms with Crippen LogP contribution in [0.4, 0.5) is 0 Å². The van der Waals surface area contributed by atoms with E-state index in [9.17, 15) is 5.11 Å². The van der Waals surface area contributed by atoms with E-state index < -0.39 is 6.10 Å². The Bertz CT molecular complexity index is 394. The number of aryl methyl sites for hydroxylation is 1. The average molecular weight is 294 g/mol. The van der Waals surface area contributed by atoms with Crippen molar-refractivity contribution in [3.8, 4) is 5.75 Å². The van der Waals surface area contributed by atoms with E-state index in [0.717, 1.165) is 30.9 Å². The number of nitrogens with one attached hydrogen (secondary N) is 1. The van der Waals surface area contributed by atoms with E-state index in [4.69, 9.17) is 4.74 Å². The van der Waals surface area contributed by atoms with Crippen molar-refractivity contribution >= 4 is 0 Å². The van der Waals surface area contributed by atoms with Crippen molar-refractivity contribution in [1.82, 2.24) is 10.2 Å². The summed E-state index contributed by atoms with van der Waals surface area (Å²) in [7, 11) is 0. The molecule has 0 aliphatic carbocycles. The highest BCUT2D eigenvalue weighted by Crippen LogP contribution is 2.12. The number of ether oxygens (including phenoxy) is 1. The molecule has 2 N–H and O–H groups in total. The Morgan fingerprint density at radius 1 is 1.29 bits per heavy atom. The first-order valence-electron chi connectivity index (χ1n) is 7.88. The van der Waals surface area contributed by atoms with Crippen LogP contribution in [-0.4, -0.2) is 54.9 Å². The molecular formula is C17H30N2O2. The molecular weight excluding hydrogens is 264 g/mol. The molecule has 4 nitrogen and oxygen atoms in total. The van der Waals surface area contributed by atoms with Crippen molar-refractivity contribution in [3.05, 3.63) is 29.8 Å². The number of benzene rings is 1. The van der Waals surface area contributed by atoms with Crippen molar-refractivity contribution in [3.63, 3.8) is 0 Å². The second-order valence-corrected chi connectivity index (χ2v) is 5.58. The summed E-state index contributed by atoms with van der Waals surface area (Å²) in [5.74, 6) is 0.810. The van der Waals surface area contributed by atoms with E-state index in [2.05, 4.69) is 31.0 Å². The van der Waals surface area contributed by atoms with Crippen molar-refractivity contribution in [2.45, 2.75) is 39.8 Å². The number of hydrogen-bond acceptors (Lipinski definition) is 4. The molecule has 0 saturated heterocycles.